The van der Waals surface area contributed by atoms with Crippen LogP contribution in [0.25, 0.3) is 0 Å². The number of ether oxygens (including phenoxy) is 1. The maximum Gasteiger partial charge on any atom is 0.310 e. The van der Waals surface area contributed by atoms with Crippen LogP contribution < -0.4 is 5.32 Å². The highest BCUT2D eigenvalue weighted by Crippen LogP contribution is 2.29. The molecule has 0 aliphatic heterocycles. The van der Waals surface area contributed by atoms with Gasteiger partial charge in [0, 0.05) is 18.2 Å². The van der Waals surface area contributed by atoms with E-state index in [2.05, 4.69) is 10.3 Å². The Morgan fingerprint density at radius 3 is 2.44 bits per heavy atom. The normalized spacial score (nSPS) is 18.8. The minimum absolute atomic E-state index is 0.0550. The molecule has 1 fully saturated rings. The number of aromatic nitrogens is 1. The molecule has 194 valence electrons. The number of hydrogen-bond acceptors (Lipinski definition) is 7. The summed E-state index contributed by atoms with van der Waals surface area (Å²) in [5.41, 5.74) is 1.79. The third kappa shape index (κ3) is 10.4. The molecule has 1 amide bonds. The Kier molecular flexibility index (Phi) is 11.4. The van der Waals surface area contributed by atoms with Crippen molar-refractivity contribution in [3.05, 3.63) is 16.6 Å². The Balaban J connectivity index is 2.11. The molecular weight excluding hydrogens is 452 g/mol. The van der Waals surface area contributed by atoms with Crippen molar-refractivity contribution in [1.82, 2.24) is 10.3 Å². The molecule has 1 aliphatic carbocycles. The van der Waals surface area contributed by atoms with Gasteiger partial charge in [0.05, 0.1) is 29.3 Å². The molecule has 8 heteroatoms. The van der Waals surface area contributed by atoms with Crippen LogP contribution in [0.15, 0.2) is 10.9 Å². The Morgan fingerprint density at radius 2 is 1.88 bits per heavy atom. The highest BCUT2D eigenvalue weighted by atomic mass is 32.1. The zero-order valence-corrected chi connectivity index (χ0v) is 22.3. The minimum atomic E-state index is -1.05. The van der Waals surface area contributed by atoms with Crippen LogP contribution in [0, 0.1) is 17.8 Å². The molecule has 1 unspecified atom stereocenters. The van der Waals surface area contributed by atoms with E-state index in [0.717, 1.165) is 31.4 Å². The number of hydrogen-bond donors (Lipinski definition) is 3. The van der Waals surface area contributed by atoms with Gasteiger partial charge in [0.2, 0.25) is 5.91 Å². The lowest BCUT2D eigenvalue weighted by Gasteiger charge is -2.33. The van der Waals surface area contributed by atoms with E-state index >= 15 is 0 Å². The van der Waals surface area contributed by atoms with Gasteiger partial charge in [0.15, 0.2) is 0 Å². The van der Waals surface area contributed by atoms with Crippen molar-refractivity contribution in [1.29, 1.82) is 0 Å². The Labute approximate surface area is 208 Å². The fourth-order valence-corrected chi connectivity index (χ4v) is 5.23. The summed E-state index contributed by atoms with van der Waals surface area (Å²) in [5.74, 6) is -0.779. The first kappa shape index (κ1) is 28.7. The van der Waals surface area contributed by atoms with Gasteiger partial charge >= 0.3 is 5.97 Å². The Morgan fingerprint density at radius 1 is 1.21 bits per heavy atom. The van der Waals surface area contributed by atoms with Gasteiger partial charge in [0.25, 0.3) is 0 Å². The van der Waals surface area contributed by atoms with Crippen LogP contribution in [0.4, 0.5) is 0 Å². The monoisotopic (exact) mass is 496 g/mol. The first-order valence-corrected chi connectivity index (χ1v) is 13.6. The van der Waals surface area contributed by atoms with Crippen molar-refractivity contribution in [3.63, 3.8) is 0 Å². The molecule has 0 spiro atoms. The van der Waals surface area contributed by atoms with E-state index < -0.39 is 35.7 Å². The lowest BCUT2D eigenvalue weighted by Crippen LogP contribution is -2.50. The molecule has 1 aliphatic rings. The van der Waals surface area contributed by atoms with Gasteiger partial charge in [-0.1, -0.05) is 46.0 Å². The lowest BCUT2D eigenvalue weighted by atomic mass is 9.82. The van der Waals surface area contributed by atoms with Gasteiger partial charge in [-0.05, 0) is 45.4 Å². The van der Waals surface area contributed by atoms with Crippen LogP contribution in [0.1, 0.15) is 91.7 Å². The number of carbonyl (C=O) groups is 2. The molecule has 1 saturated carbocycles. The number of nitrogens with zero attached hydrogens (tertiary/aromatic N) is 1. The van der Waals surface area contributed by atoms with Crippen LogP contribution in [0.5, 0.6) is 0 Å². The highest BCUT2D eigenvalue weighted by Gasteiger charge is 2.33. The van der Waals surface area contributed by atoms with Crippen LogP contribution in [-0.2, 0) is 20.7 Å². The van der Waals surface area contributed by atoms with Crippen molar-refractivity contribution in [2.24, 2.45) is 17.8 Å². The zero-order chi connectivity index (χ0) is 25.3. The number of aliphatic hydroxyl groups is 2. The van der Waals surface area contributed by atoms with Crippen LogP contribution >= 0.6 is 11.3 Å². The molecule has 4 atom stereocenters. The average Bonchev–Trinajstić information content (AvgIpc) is 3.24. The van der Waals surface area contributed by atoms with E-state index in [-0.39, 0.29) is 18.2 Å². The number of nitrogens with one attached hydrogen (secondary N) is 1. The van der Waals surface area contributed by atoms with E-state index in [1.165, 1.54) is 17.8 Å². The molecule has 1 aromatic heterocycles. The second-order valence-electron chi connectivity index (χ2n) is 11.2. The van der Waals surface area contributed by atoms with E-state index in [1.54, 1.807) is 26.3 Å². The van der Waals surface area contributed by atoms with Crippen LogP contribution in [0.3, 0.4) is 0 Å². The number of thiazole rings is 1. The zero-order valence-electron chi connectivity index (χ0n) is 21.5. The van der Waals surface area contributed by atoms with Gasteiger partial charge in [-0.15, -0.1) is 11.3 Å². The Bertz CT molecular complexity index is 741. The molecule has 0 aromatic carbocycles. The summed E-state index contributed by atoms with van der Waals surface area (Å²) in [5, 5.41) is 26.4. The Hall–Kier alpha value is -1.51. The van der Waals surface area contributed by atoms with Gasteiger partial charge in [-0.2, -0.15) is 0 Å². The van der Waals surface area contributed by atoms with Crippen LogP contribution in [-0.4, -0.2) is 50.9 Å². The maximum absolute atomic E-state index is 13.1. The van der Waals surface area contributed by atoms with E-state index in [9.17, 15) is 19.8 Å². The predicted octanol–water partition coefficient (Wildman–Crippen LogP) is 4.26. The largest absolute Gasteiger partial charge is 0.460 e. The van der Waals surface area contributed by atoms with Crippen molar-refractivity contribution < 1.29 is 24.5 Å². The molecule has 0 radical (unpaired) electrons. The van der Waals surface area contributed by atoms with Gasteiger partial charge in [0.1, 0.15) is 11.7 Å². The SMILES string of the molecule is CC(C)C[C@H](O)[C@H](O)[C@H](CC1CCCCC1)NC(=O)CC(Cc1cscn1)C(=O)OC(C)(C)C. The van der Waals surface area contributed by atoms with E-state index in [1.807, 2.05) is 19.2 Å². The number of rotatable bonds is 12. The third-order valence-corrected chi connectivity index (χ3v) is 6.92. The highest BCUT2D eigenvalue weighted by molar-refractivity contribution is 7.07. The molecule has 3 N–H and O–H groups in total. The van der Waals surface area contributed by atoms with Crippen LogP contribution in [0.2, 0.25) is 0 Å². The summed E-state index contributed by atoms with van der Waals surface area (Å²) in [4.78, 5) is 30.3. The molecule has 0 bridgehead atoms. The topological polar surface area (TPSA) is 109 Å². The minimum Gasteiger partial charge on any atom is -0.460 e. The summed E-state index contributed by atoms with van der Waals surface area (Å²) in [6, 6.07) is -0.553. The summed E-state index contributed by atoms with van der Waals surface area (Å²) in [6.45, 7) is 9.40. The van der Waals surface area contributed by atoms with Gasteiger partial charge in [-0.25, -0.2) is 4.98 Å². The lowest BCUT2D eigenvalue weighted by molar-refractivity contribution is -0.161. The molecule has 7 nitrogen and oxygen atoms in total. The fourth-order valence-electron chi connectivity index (χ4n) is 4.66. The summed E-state index contributed by atoms with van der Waals surface area (Å²) in [6.07, 6.45) is 5.08. The molecule has 1 heterocycles. The molecule has 34 heavy (non-hydrogen) atoms. The quantitative estimate of drug-likeness (QED) is 0.373. The molecular formula is C26H44N2O5S. The van der Waals surface area contributed by atoms with Crippen molar-refractivity contribution in [2.75, 3.05) is 0 Å². The predicted molar refractivity (Wildman–Crippen MR) is 134 cm³/mol. The second-order valence-corrected chi connectivity index (χ2v) is 11.9. The second kappa shape index (κ2) is 13.5. The number of carbonyl (C=O) groups excluding carboxylic acids is 2. The third-order valence-electron chi connectivity index (χ3n) is 6.29. The van der Waals surface area contributed by atoms with Crippen molar-refractivity contribution in [2.45, 2.75) is 116 Å². The molecule has 0 saturated heterocycles. The number of amides is 1. The van der Waals surface area contributed by atoms with Crippen molar-refractivity contribution >= 4 is 23.2 Å². The fraction of sp³-hybridized carbons (Fsp3) is 0.808. The summed E-state index contributed by atoms with van der Waals surface area (Å²) in [7, 11) is 0. The number of esters is 1. The molecule has 1 aromatic rings. The van der Waals surface area contributed by atoms with Gasteiger partial charge < -0.3 is 20.3 Å². The smallest absolute Gasteiger partial charge is 0.310 e. The number of aliphatic hydroxyl groups excluding tert-OH is 2. The first-order chi connectivity index (χ1) is 15.9. The molecule has 2 rings (SSSR count). The maximum atomic E-state index is 13.1. The standard InChI is InChI=1S/C26H44N2O5S/c1-17(2)11-22(29)24(31)21(12-18-9-7-6-8-10-18)28-23(30)14-19(13-20-15-34-16-27-20)25(32)33-26(3,4)5/h15-19,21-22,24,29,31H,6-14H2,1-5H3,(H,28,30)/t19?,21-,22-,24+/m0/s1. The average molecular weight is 497 g/mol. The van der Waals surface area contributed by atoms with E-state index in [0.29, 0.717) is 25.2 Å². The first-order valence-electron chi connectivity index (χ1n) is 12.7. The summed E-state index contributed by atoms with van der Waals surface area (Å²) < 4.78 is 5.57. The van der Waals surface area contributed by atoms with Crippen molar-refractivity contribution in [3.8, 4) is 0 Å². The van der Waals surface area contributed by atoms with Gasteiger partial charge in [-0.3, -0.25) is 9.59 Å². The van der Waals surface area contributed by atoms with E-state index in [4.69, 9.17) is 4.74 Å². The summed E-state index contributed by atoms with van der Waals surface area (Å²) >= 11 is 1.44.